The maximum absolute atomic E-state index is 12.9. The number of hydrogen-bond donors (Lipinski definition) is 2. The zero-order valence-corrected chi connectivity index (χ0v) is 13.0. The van der Waals surface area contributed by atoms with Gasteiger partial charge in [-0.25, -0.2) is 9.82 Å². The third-order valence-electron chi connectivity index (χ3n) is 3.17. The van der Waals surface area contributed by atoms with Crippen molar-refractivity contribution in [3.63, 3.8) is 0 Å². The third-order valence-corrected chi connectivity index (χ3v) is 4.14. The quantitative estimate of drug-likeness (QED) is 0.569. The van der Waals surface area contributed by atoms with Crippen molar-refractivity contribution >= 4 is 23.0 Å². The van der Waals surface area contributed by atoms with Crippen LogP contribution in [-0.2, 0) is 0 Å². The molecule has 5 nitrogen and oxygen atoms in total. The zero-order chi connectivity index (χ0) is 16.2. The molecule has 0 unspecified atom stereocenters. The number of nitrogens with one attached hydrogen (secondary N) is 2. The molecule has 2 aromatic heterocycles. The van der Waals surface area contributed by atoms with Crippen molar-refractivity contribution in [2.75, 3.05) is 0 Å². The van der Waals surface area contributed by atoms with Gasteiger partial charge in [0.15, 0.2) is 0 Å². The van der Waals surface area contributed by atoms with Gasteiger partial charge < -0.3 is 0 Å². The molecular formula is C16H13FN4OS. The summed E-state index contributed by atoms with van der Waals surface area (Å²) in [6.07, 6.45) is 0. The van der Waals surface area contributed by atoms with Gasteiger partial charge in [0.25, 0.3) is 5.91 Å². The van der Waals surface area contributed by atoms with Gasteiger partial charge in [-0.3, -0.25) is 9.89 Å². The number of aromatic amines is 1. The minimum atomic E-state index is -0.387. The fourth-order valence-corrected chi connectivity index (χ4v) is 2.62. The van der Waals surface area contributed by atoms with Gasteiger partial charge in [-0.2, -0.15) is 10.2 Å². The van der Waals surface area contributed by atoms with E-state index in [9.17, 15) is 9.18 Å². The number of amides is 1. The maximum Gasteiger partial charge on any atom is 0.289 e. The molecule has 1 aromatic carbocycles. The number of H-pyrrole nitrogens is 1. The minimum Gasteiger partial charge on any atom is -0.272 e. The van der Waals surface area contributed by atoms with Crippen LogP contribution in [0.2, 0.25) is 0 Å². The topological polar surface area (TPSA) is 70.1 Å². The average molecular weight is 328 g/mol. The molecule has 0 bridgehead atoms. The molecule has 2 heterocycles. The second kappa shape index (κ2) is 6.53. The van der Waals surface area contributed by atoms with Crippen LogP contribution in [0, 0.1) is 5.82 Å². The highest BCUT2D eigenvalue weighted by Gasteiger charge is 2.11. The molecule has 0 aliphatic rings. The van der Waals surface area contributed by atoms with E-state index in [0.717, 1.165) is 16.2 Å². The molecule has 3 rings (SSSR count). The van der Waals surface area contributed by atoms with Gasteiger partial charge in [0, 0.05) is 10.4 Å². The standard InChI is InChI=1S/C16H13FN4OS/c1-10(15-3-2-8-23-15)18-21-16(22)14-9-13(19-20-14)11-4-6-12(17)7-5-11/h2-9H,1H3,(H,19,20)(H,21,22)/b18-10-. The van der Waals surface area contributed by atoms with Crippen LogP contribution in [-0.4, -0.2) is 21.8 Å². The molecule has 0 fully saturated rings. The van der Waals surface area contributed by atoms with Crippen molar-refractivity contribution in [1.29, 1.82) is 0 Å². The number of benzene rings is 1. The van der Waals surface area contributed by atoms with E-state index in [1.54, 1.807) is 29.5 Å². The van der Waals surface area contributed by atoms with Crippen molar-refractivity contribution in [3.05, 3.63) is 64.2 Å². The summed E-state index contributed by atoms with van der Waals surface area (Å²) in [5.74, 6) is -0.706. The van der Waals surface area contributed by atoms with Crippen LogP contribution < -0.4 is 5.43 Å². The number of halogens is 1. The number of rotatable bonds is 4. The van der Waals surface area contributed by atoms with Gasteiger partial charge in [0.05, 0.1) is 11.4 Å². The van der Waals surface area contributed by atoms with Crippen LogP contribution in [0.25, 0.3) is 11.3 Å². The first-order valence-corrected chi connectivity index (χ1v) is 7.71. The van der Waals surface area contributed by atoms with Crippen molar-refractivity contribution < 1.29 is 9.18 Å². The van der Waals surface area contributed by atoms with E-state index in [4.69, 9.17) is 0 Å². The minimum absolute atomic E-state index is 0.284. The summed E-state index contributed by atoms with van der Waals surface area (Å²) in [7, 11) is 0. The largest absolute Gasteiger partial charge is 0.289 e. The van der Waals surface area contributed by atoms with E-state index in [2.05, 4.69) is 20.7 Å². The van der Waals surface area contributed by atoms with E-state index in [-0.39, 0.29) is 17.4 Å². The van der Waals surface area contributed by atoms with Crippen molar-refractivity contribution in [3.8, 4) is 11.3 Å². The number of hydrazone groups is 1. The third kappa shape index (κ3) is 3.51. The molecule has 7 heteroatoms. The Hall–Kier alpha value is -2.80. The molecule has 0 atom stereocenters. The summed E-state index contributed by atoms with van der Waals surface area (Å²) in [5, 5.41) is 12.7. The van der Waals surface area contributed by atoms with Gasteiger partial charge in [-0.05, 0) is 48.7 Å². The van der Waals surface area contributed by atoms with E-state index >= 15 is 0 Å². The normalized spacial score (nSPS) is 11.5. The Kier molecular flexibility index (Phi) is 4.29. The van der Waals surface area contributed by atoms with Gasteiger partial charge in [0.1, 0.15) is 11.5 Å². The van der Waals surface area contributed by atoms with E-state index in [1.165, 1.54) is 12.1 Å². The maximum atomic E-state index is 12.9. The Morgan fingerprint density at radius 3 is 2.78 bits per heavy atom. The van der Waals surface area contributed by atoms with Crippen LogP contribution in [0.3, 0.4) is 0 Å². The molecule has 2 N–H and O–H groups in total. The fraction of sp³-hybridized carbons (Fsp3) is 0.0625. The second-order valence-corrected chi connectivity index (χ2v) is 5.74. The number of nitrogens with zero attached hydrogens (tertiary/aromatic N) is 2. The molecular weight excluding hydrogens is 315 g/mol. The van der Waals surface area contributed by atoms with Crippen molar-refractivity contribution in [1.82, 2.24) is 15.6 Å². The number of hydrogen-bond acceptors (Lipinski definition) is 4. The van der Waals surface area contributed by atoms with Crippen LogP contribution >= 0.6 is 11.3 Å². The molecule has 116 valence electrons. The van der Waals surface area contributed by atoms with Crippen LogP contribution in [0.5, 0.6) is 0 Å². The first-order chi connectivity index (χ1) is 11.1. The van der Waals surface area contributed by atoms with Gasteiger partial charge in [-0.15, -0.1) is 11.3 Å². The lowest BCUT2D eigenvalue weighted by molar-refractivity contribution is 0.0950. The molecule has 0 aliphatic heterocycles. The smallest absolute Gasteiger partial charge is 0.272 e. The lowest BCUT2D eigenvalue weighted by Crippen LogP contribution is -2.19. The van der Waals surface area contributed by atoms with Crippen LogP contribution in [0.15, 0.2) is 52.9 Å². The van der Waals surface area contributed by atoms with Gasteiger partial charge in [0.2, 0.25) is 0 Å². The molecule has 0 aliphatic carbocycles. The number of aromatic nitrogens is 2. The summed E-state index contributed by atoms with van der Waals surface area (Å²) >= 11 is 1.55. The molecule has 0 radical (unpaired) electrons. The van der Waals surface area contributed by atoms with E-state index in [0.29, 0.717) is 5.69 Å². The summed E-state index contributed by atoms with van der Waals surface area (Å²) < 4.78 is 12.9. The van der Waals surface area contributed by atoms with Crippen LogP contribution in [0.4, 0.5) is 4.39 Å². The lowest BCUT2D eigenvalue weighted by Gasteiger charge is -1.98. The first-order valence-electron chi connectivity index (χ1n) is 6.83. The molecule has 0 saturated carbocycles. The van der Waals surface area contributed by atoms with E-state index < -0.39 is 0 Å². The average Bonchev–Trinajstić information content (AvgIpc) is 3.24. The highest BCUT2D eigenvalue weighted by molar-refractivity contribution is 7.12. The Morgan fingerprint density at radius 2 is 2.09 bits per heavy atom. The predicted octanol–water partition coefficient (Wildman–Crippen LogP) is 3.43. The van der Waals surface area contributed by atoms with Gasteiger partial charge >= 0.3 is 0 Å². The van der Waals surface area contributed by atoms with Crippen molar-refractivity contribution in [2.24, 2.45) is 5.10 Å². The Bertz CT molecular complexity index is 837. The number of carbonyl (C=O) groups excluding carboxylic acids is 1. The Morgan fingerprint density at radius 1 is 1.30 bits per heavy atom. The second-order valence-electron chi connectivity index (χ2n) is 4.79. The predicted molar refractivity (Wildman–Crippen MR) is 88.0 cm³/mol. The van der Waals surface area contributed by atoms with Crippen molar-refractivity contribution in [2.45, 2.75) is 6.92 Å². The van der Waals surface area contributed by atoms with Gasteiger partial charge in [-0.1, -0.05) is 6.07 Å². The molecule has 0 spiro atoms. The molecule has 23 heavy (non-hydrogen) atoms. The first kappa shape index (κ1) is 15.1. The summed E-state index contributed by atoms with van der Waals surface area (Å²) in [4.78, 5) is 13.1. The monoisotopic (exact) mass is 328 g/mol. The highest BCUT2D eigenvalue weighted by atomic mass is 32.1. The summed E-state index contributed by atoms with van der Waals surface area (Å²) in [6, 6.07) is 11.3. The van der Waals surface area contributed by atoms with E-state index in [1.807, 2.05) is 24.4 Å². The lowest BCUT2D eigenvalue weighted by atomic mass is 10.1. The fourth-order valence-electron chi connectivity index (χ4n) is 1.94. The SMILES string of the molecule is C/C(=N/NC(=O)c1cc(-c2ccc(F)cc2)n[nH]1)c1cccs1. The zero-order valence-electron chi connectivity index (χ0n) is 12.2. The summed E-state index contributed by atoms with van der Waals surface area (Å²) in [5.41, 5.74) is 4.78. The molecule has 0 saturated heterocycles. The Labute approximate surface area is 135 Å². The number of carbonyl (C=O) groups is 1. The molecule has 3 aromatic rings. The highest BCUT2D eigenvalue weighted by Crippen LogP contribution is 2.18. The summed E-state index contributed by atoms with van der Waals surface area (Å²) in [6.45, 7) is 1.82. The van der Waals surface area contributed by atoms with Crippen LogP contribution in [0.1, 0.15) is 22.3 Å². The Balaban J connectivity index is 1.71. The number of thiophene rings is 1. The molecule has 1 amide bonds.